The number of halogens is 1. The van der Waals surface area contributed by atoms with Gasteiger partial charge in [-0.25, -0.2) is 22.5 Å². The van der Waals surface area contributed by atoms with Crippen molar-refractivity contribution >= 4 is 15.7 Å². The number of hydrogen-bond acceptors (Lipinski definition) is 7. The molecule has 0 amide bonds. The topological polar surface area (TPSA) is 121 Å². The van der Waals surface area contributed by atoms with Crippen LogP contribution in [0.3, 0.4) is 0 Å². The summed E-state index contributed by atoms with van der Waals surface area (Å²) in [6.07, 6.45) is 11.9. The van der Waals surface area contributed by atoms with E-state index in [1.54, 1.807) is 6.07 Å². The Morgan fingerprint density at radius 2 is 1.92 bits per heavy atom. The van der Waals surface area contributed by atoms with Gasteiger partial charge in [-0.3, -0.25) is 9.25 Å². The predicted molar refractivity (Wildman–Crippen MR) is 130 cm³/mol. The number of ether oxygens (including phenoxy) is 1. The molecule has 1 fully saturated rings. The Balaban J connectivity index is 1.20. The number of benzene rings is 1. The van der Waals surface area contributed by atoms with E-state index in [1.807, 2.05) is 16.7 Å². The van der Waals surface area contributed by atoms with Crippen LogP contribution in [0, 0.1) is 5.82 Å². The third-order valence-corrected chi connectivity index (χ3v) is 7.71. The molecule has 0 bridgehead atoms. The lowest BCUT2D eigenvalue weighted by Crippen LogP contribution is -2.24. The standard InChI is InChI=1S/C24H23FN8O3S/c1-36-22-6-5-21(32-14-26-27-15-32)20(24(22)25)9-29-37(34,35)19-8-28-33(13-19)12-18-11-31-10-17(16-2-3-16)4-7-23(31)30-18/h4-8,10-11,13-16,29H,2-3,9,12H2,1H3. The molecule has 37 heavy (non-hydrogen) atoms. The highest BCUT2D eigenvalue weighted by Crippen LogP contribution is 2.39. The molecular weight excluding hydrogens is 499 g/mol. The van der Waals surface area contributed by atoms with Gasteiger partial charge in [-0.2, -0.15) is 5.10 Å². The molecule has 0 spiro atoms. The molecule has 4 heterocycles. The van der Waals surface area contributed by atoms with E-state index in [4.69, 9.17) is 4.74 Å². The first kappa shape index (κ1) is 23.3. The van der Waals surface area contributed by atoms with Crippen LogP contribution in [0.5, 0.6) is 5.75 Å². The van der Waals surface area contributed by atoms with Gasteiger partial charge in [0.15, 0.2) is 11.6 Å². The molecule has 1 N–H and O–H groups in total. The molecule has 1 aliphatic carbocycles. The number of pyridine rings is 1. The minimum absolute atomic E-state index is 0.00412. The van der Waals surface area contributed by atoms with E-state index in [0.717, 1.165) is 11.3 Å². The fourth-order valence-corrected chi connectivity index (χ4v) is 5.21. The lowest BCUT2D eigenvalue weighted by atomic mass is 10.1. The normalized spacial score (nSPS) is 13.9. The molecule has 190 valence electrons. The second-order valence-corrected chi connectivity index (χ2v) is 10.6. The Labute approximate surface area is 211 Å². The van der Waals surface area contributed by atoms with Crippen LogP contribution in [-0.4, -0.2) is 49.5 Å². The van der Waals surface area contributed by atoms with Gasteiger partial charge in [0.05, 0.1) is 31.2 Å². The van der Waals surface area contributed by atoms with Crippen LogP contribution in [0.15, 0.2) is 66.6 Å². The molecule has 1 aliphatic rings. The quantitative estimate of drug-likeness (QED) is 0.316. The van der Waals surface area contributed by atoms with Crippen molar-refractivity contribution in [3.8, 4) is 11.4 Å². The van der Waals surface area contributed by atoms with E-state index < -0.39 is 15.8 Å². The minimum atomic E-state index is -3.99. The van der Waals surface area contributed by atoms with Crippen molar-refractivity contribution in [3.63, 3.8) is 0 Å². The van der Waals surface area contributed by atoms with E-state index in [2.05, 4.69) is 37.3 Å². The van der Waals surface area contributed by atoms with Gasteiger partial charge in [0.2, 0.25) is 10.0 Å². The smallest absolute Gasteiger partial charge is 0.243 e. The first-order valence-electron chi connectivity index (χ1n) is 11.6. The Hall–Kier alpha value is -4.10. The highest BCUT2D eigenvalue weighted by atomic mass is 32.2. The lowest BCUT2D eigenvalue weighted by Gasteiger charge is -2.14. The third-order valence-electron chi connectivity index (χ3n) is 6.36. The molecule has 0 radical (unpaired) electrons. The summed E-state index contributed by atoms with van der Waals surface area (Å²) in [5.74, 6) is -0.0425. The van der Waals surface area contributed by atoms with Crippen molar-refractivity contribution in [2.24, 2.45) is 0 Å². The van der Waals surface area contributed by atoms with E-state index >= 15 is 4.39 Å². The maximum absolute atomic E-state index is 15.1. The summed E-state index contributed by atoms with van der Waals surface area (Å²) in [5, 5.41) is 11.7. The zero-order valence-electron chi connectivity index (χ0n) is 19.8. The summed E-state index contributed by atoms with van der Waals surface area (Å²) < 4.78 is 53.6. The zero-order chi connectivity index (χ0) is 25.6. The monoisotopic (exact) mass is 522 g/mol. The molecule has 1 saturated carbocycles. The van der Waals surface area contributed by atoms with Gasteiger partial charge in [-0.15, -0.1) is 10.2 Å². The number of sulfonamides is 1. The largest absolute Gasteiger partial charge is 0.494 e. The number of imidazole rings is 1. The van der Waals surface area contributed by atoms with Gasteiger partial charge in [-0.05, 0) is 42.5 Å². The van der Waals surface area contributed by atoms with Gasteiger partial charge in [0.25, 0.3) is 0 Å². The summed E-state index contributed by atoms with van der Waals surface area (Å²) in [4.78, 5) is 4.57. The molecule has 6 rings (SSSR count). The van der Waals surface area contributed by atoms with Crippen LogP contribution in [0.25, 0.3) is 11.3 Å². The van der Waals surface area contributed by atoms with Crippen molar-refractivity contribution in [2.75, 3.05) is 7.11 Å². The van der Waals surface area contributed by atoms with Gasteiger partial charge in [0, 0.05) is 30.7 Å². The molecule has 4 aromatic heterocycles. The van der Waals surface area contributed by atoms with Gasteiger partial charge >= 0.3 is 0 Å². The maximum atomic E-state index is 15.1. The van der Waals surface area contributed by atoms with Crippen LogP contribution in [0.2, 0.25) is 0 Å². The number of aromatic nitrogens is 7. The highest BCUT2D eigenvalue weighted by Gasteiger charge is 2.24. The van der Waals surface area contributed by atoms with E-state index in [0.29, 0.717) is 18.2 Å². The summed E-state index contributed by atoms with van der Waals surface area (Å²) in [7, 11) is -2.65. The Kier molecular flexibility index (Phi) is 5.72. The number of hydrogen-bond donors (Lipinski definition) is 1. The van der Waals surface area contributed by atoms with Gasteiger partial charge in [-0.1, -0.05) is 6.07 Å². The van der Waals surface area contributed by atoms with Crippen LogP contribution in [-0.2, 0) is 23.1 Å². The molecule has 1 aromatic carbocycles. The van der Waals surface area contributed by atoms with Crippen molar-refractivity contribution < 1.29 is 17.5 Å². The minimum Gasteiger partial charge on any atom is -0.494 e. The van der Waals surface area contributed by atoms with Crippen LogP contribution < -0.4 is 9.46 Å². The lowest BCUT2D eigenvalue weighted by molar-refractivity contribution is 0.383. The van der Waals surface area contributed by atoms with Crippen molar-refractivity contribution in [3.05, 3.63) is 84.3 Å². The van der Waals surface area contributed by atoms with E-state index in [1.165, 1.54) is 65.9 Å². The second kappa shape index (κ2) is 9.09. The number of fused-ring (bicyclic) bond motifs is 1. The Morgan fingerprint density at radius 3 is 2.68 bits per heavy atom. The first-order valence-corrected chi connectivity index (χ1v) is 13.1. The van der Waals surface area contributed by atoms with Crippen LogP contribution in [0.1, 0.15) is 35.6 Å². The molecule has 0 unspecified atom stereocenters. The molecule has 11 nitrogen and oxygen atoms in total. The highest BCUT2D eigenvalue weighted by molar-refractivity contribution is 7.89. The average molecular weight is 523 g/mol. The number of rotatable bonds is 9. The summed E-state index contributed by atoms with van der Waals surface area (Å²) in [6, 6.07) is 7.16. The summed E-state index contributed by atoms with van der Waals surface area (Å²) >= 11 is 0. The van der Waals surface area contributed by atoms with E-state index in [9.17, 15) is 8.42 Å². The fourth-order valence-electron chi connectivity index (χ4n) is 4.26. The zero-order valence-corrected chi connectivity index (χ0v) is 20.6. The average Bonchev–Trinajstić information content (AvgIpc) is 3.24. The summed E-state index contributed by atoms with van der Waals surface area (Å²) in [5.41, 5.74) is 3.36. The van der Waals surface area contributed by atoms with E-state index in [-0.39, 0.29) is 22.8 Å². The van der Waals surface area contributed by atoms with Crippen molar-refractivity contribution in [1.82, 2.24) is 38.7 Å². The van der Waals surface area contributed by atoms with Crippen LogP contribution in [0.4, 0.5) is 4.39 Å². The molecule has 0 saturated heterocycles. The molecule has 13 heteroatoms. The predicted octanol–water partition coefficient (Wildman–Crippen LogP) is 2.66. The molecular formula is C24H23FN8O3S. The van der Waals surface area contributed by atoms with Crippen molar-refractivity contribution in [1.29, 1.82) is 0 Å². The van der Waals surface area contributed by atoms with Crippen molar-refractivity contribution in [2.45, 2.75) is 36.7 Å². The molecule has 0 aliphatic heterocycles. The van der Waals surface area contributed by atoms with Gasteiger partial charge < -0.3 is 9.14 Å². The van der Waals surface area contributed by atoms with Gasteiger partial charge in [0.1, 0.15) is 23.2 Å². The second-order valence-electron chi connectivity index (χ2n) is 8.88. The fraction of sp³-hybridized carbons (Fsp3) is 0.250. The third kappa shape index (κ3) is 4.58. The first-order chi connectivity index (χ1) is 17.9. The number of methoxy groups -OCH3 is 1. The Morgan fingerprint density at radius 1 is 1.11 bits per heavy atom. The maximum Gasteiger partial charge on any atom is 0.243 e. The number of nitrogens with one attached hydrogen (secondary N) is 1. The Bertz CT molecular complexity index is 1690. The SMILES string of the molecule is COc1ccc(-n2cnnc2)c(CNS(=O)(=O)c2cnn(Cc3cn4cc(C5CC5)ccc4n3)c2)c1F. The molecule has 5 aromatic rings. The summed E-state index contributed by atoms with van der Waals surface area (Å²) in [6.45, 7) is -0.0158. The molecule has 0 atom stereocenters. The van der Waals surface area contributed by atoms with Crippen LogP contribution >= 0.6 is 0 Å². The number of nitrogens with zero attached hydrogens (tertiary/aromatic N) is 7.